The summed E-state index contributed by atoms with van der Waals surface area (Å²) in [5, 5.41) is 2.96. The summed E-state index contributed by atoms with van der Waals surface area (Å²) in [4.78, 5) is 1.32. The van der Waals surface area contributed by atoms with Crippen molar-refractivity contribution >= 4 is 11.8 Å². The lowest BCUT2D eigenvalue weighted by molar-refractivity contribution is 1.10. The van der Waals surface area contributed by atoms with E-state index >= 15 is 0 Å². The van der Waals surface area contributed by atoms with Crippen molar-refractivity contribution in [1.29, 1.82) is 0 Å². The Morgan fingerprint density at radius 2 is 2.08 bits per heavy atom. The number of nitrogens with one attached hydrogen (secondary N) is 1. The molecule has 0 aliphatic carbocycles. The third-order valence-corrected chi connectivity index (χ3v) is 2.34. The van der Waals surface area contributed by atoms with Gasteiger partial charge >= 0.3 is 0 Å². The minimum absolute atomic E-state index is 1.02. The second kappa shape index (κ2) is 5.72. The van der Waals surface area contributed by atoms with Gasteiger partial charge in [0.25, 0.3) is 0 Å². The van der Waals surface area contributed by atoms with Gasteiger partial charge in [-0.2, -0.15) is 0 Å². The first-order valence-corrected chi connectivity index (χ1v) is 4.92. The molecule has 0 aliphatic heterocycles. The zero-order chi connectivity index (χ0) is 8.65. The minimum atomic E-state index is 1.02. The van der Waals surface area contributed by atoms with Gasteiger partial charge in [0.1, 0.15) is 0 Å². The second-order valence-corrected chi connectivity index (χ2v) is 3.41. The van der Waals surface area contributed by atoms with E-state index in [1.165, 1.54) is 4.90 Å². The van der Waals surface area contributed by atoms with Gasteiger partial charge in [-0.1, -0.05) is 24.3 Å². The van der Waals surface area contributed by atoms with E-state index in [2.05, 4.69) is 35.7 Å². The highest BCUT2D eigenvalue weighted by atomic mass is 32.2. The first-order chi connectivity index (χ1) is 5.93. The van der Waals surface area contributed by atoms with E-state index in [0.717, 1.165) is 5.75 Å². The van der Waals surface area contributed by atoms with Crippen LogP contribution in [0.3, 0.4) is 0 Å². The van der Waals surface area contributed by atoms with E-state index < -0.39 is 0 Å². The zero-order valence-corrected chi connectivity index (χ0v) is 7.97. The zero-order valence-electron chi connectivity index (χ0n) is 7.16. The van der Waals surface area contributed by atoms with Crippen LogP contribution in [0.4, 0.5) is 0 Å². The Balaban J connectivity index is 2.29. The molecule has 0 saturated heterocycles. The van der Waals surface area contributed by atoms with Crippen molar-refractivity contribution in [2.45, 2.75) is 4.90 Å². The average molecular weight is 179 g/mol. The average Bonchev–Trinajstić information content (AvgIpc) is 2.14. The molecule has 0 unspecified atom stereocenters. The molecule has 0 fully saturated rings. The lowest BCUT2D eigenvalue weighted by Gasteiger charge is -1.95. The quantitative estimate of drug-likeness (QED) is 0.713. The molecule has 1 rings (SSSR count). The molecule has 2 heteroatoms. The monoisotopic (exact) mass is 179 g/mol. The van der Waals surface area contributed by atoms with Crippen LogP contribution in [0.15, 0.2) is 47.5 Å². The van der Waals surface area contributed by atoms with E-state index in [1.54, 1.807) is 0 Å². The fraction of sp³-hybridized carbons (Fsp3) is 0.200. The van der Waals surface area contributed by atoms with E-state index in [1.807, 2.05) is 31.1 Å². The van der Waals surface area contributed by atoms with Crippen LogP contribution in [0.2, 0.25) is 0 Å². The highest BCUT2D eigenvalue weighted by molar-refractivity contribution is 7.99. The van der Waals surface area contributed by atoms with E-state index in [-0.39, 0.29) is 0 Å². The molecule has 1 aromatic carbocycles. The first-order valence-electron chi connectivity index (χ1n) is 3.93. The number of hydrogen-bond acceptors (Lipinski definition) is 2. The largest absolute Gasteiger partial charge is 0.394 e. The molecule has 0 bridgehead atoms. The summed E-state index contributed by atoms with van der Waals surface area (Å²) in [7, 11) is 1.91. The van der Waals surface area contributed by atoms with Crippen molar-refractivity contribution in [3.05, 3.63) is 42.6 Å². The summed E-state index contributed by atoms with van der Waals surface area (Å²) in [5.41, 5.74) is 0. The van der Waals surface area contributed by atoms with Gasteiger partial charge in [-0.05, 0) is 18.3 Å². The van der Waals surface area contributed by atoms with Crippen LogP contribution in [-0.2, 0) is 0 Å². The van der Waals surface area contributed by atoms with Gasteiger partial charge in [0.05, 0.1) is 0 Å². The van der Waals surface area contributed by atoms with E-state index in [9.17, 15) is 0 Å². The maximum atomic E-state index is 2.96. The SMILES string of the molecule is CN/C=C\CSc1ccccc1. The smallest absolute Gasteiger partial charge is 0.0177 e. The van der Waals surface area contributed by atoms with Crippen LogP contribution in [-0.4, -0.2) is 12.8 Å². The van der Waals surface area contributed by atoms with Gasteiger partial charge in [-0.25, -0.2) is 0 Å². The molecule has 0 radical (unpaired) electrons. The normalized spacial score (nSPS) is 10.4. The van der Waals surface area contributed by atoms with Crippen molar-refractivity contribution in [3.63, 3.8) is 0 Å². The van der Waals surface area contributed by atoms with Crippen molar-refractivity contribution in [3.8, 4) is 0 Å². The second-order valence-electron chi connectivity index (χ2n) is 2.32. The van der Waals surface area contributed by atoms with Gasteiger partial charge < -0.3 is 5.32 Å². The van der Waals surface area contributed by atoms with E-state index in [4.69, 9.17) is 0 Å². The molecule has 0 aromatic heterocycles. The summed E-state index contributed by atoms with van der Waals surface area (Å²) < 4.78 is 0. The summed E-state index contributed by atoms with van der Waals surface area (Å²) in [6.45, 7) is 0. The minimum Gasteiger partial charge on any atom is -0.394 e. The topological polar surface area (TPSA) is 12.0 Å². The summed E-state index contributed by atoms with van der Waals surface area (Å²) >= 11 is 1.83. The Morgan fingerprint density at radius 1 is 1.33 bits per heavy atom. The standard InChI is InChI=1S/C10H13NS/c1-11-8-5-9-12-10-6-3-2-4-7-10/h2-8,11H,9H2,1H3/b8-5-. The van der Waals surface area contributed by atoms with Crippen molar-refractivity contribution in [1.82, 2.24) is 5.32 Å². The predicted octanol–water partition coefficient (Wildman–Crippen LogP) is 2.51. The lowest BCUT2D eigenvalue weighted by atomic mass is 10.4. The number of hydrogen-bond donors (Lipinski definition) is 1. The van der Waals surface area contributed by atoms with Crippen molar-refractivity contribution in [2.24, 2.45) is 0 Å². The molecule has 1 N–H and O–H groups in total. The highest BCUT2D eigenvalue weighted by Crippen LogP contribution is 2.16. The molecule has 0 atom stereocenters. The van der Waals surface area contributed by atoms with Gasteiger partial charge in [0, 0.05) is 17.7 Å². The van der Waals surface area contributed by atoms with Crippen molar-refractivity contribution in [2.75, 3.05) is 12.8 Å². The Kier molecular flexibility index (Phi) is 4.39. The molecule has 0 spiro atoms. The number of rotatable bonds is 4. The Bertz CT molecular complexity index is 231. The molecular formula is C10H13NS. The maximum Gasteiger partial charge on any atom is 0.0177 e. The van der Waals surface area contributed by atoms with Crippen LogP contribution in [0.5, 0.6) is 0 Å². The molecule has 64 valence electrons. The first kappa shape index (κ1) is 9.20. The summed E-state index contributed by atoms with van der Waals surface area (Å²) in [6.07, 6.45) is 4.06. The third kappa shape index (κ3) is 3.49. The van der Waals surface area contributed by atoms with Gasteiger partial charge in [-0.3, -0.25) is 0 Å². The van der Waals surface area contributed by atoms with Crippen LogP contribution >= 0.6 is 11.8 Å². The lowest BCUT2D eigenvalue weighted by Crippen LogP contribution is -1.91. The molecule has 0 amide bonds. The Hall–Kier alpha value is -0.890. The summed E-state index contributed by atoms with van der Waals surface area (Å²) in [5.74, 6) is 1.02. The molecule has 0 saturated carbocycles. The molecule has 12 heavy (non-hydrogen) atoms. The Morgan fingerprint density at radius 3 is 2.75 bits per heavy atom. The molecule has 0 heterocycles. The van der Waals surface area contributed by atoms with Gasteiger partial charge in [0.2, 0.25) is 0 Å². The third-order valence-electron chi connectivity index (χ3n) is 1.37. The molecular weight excluding hydrogens is 166 g/mol. The van der Waals surface area contributed by atoms with Crippen LogP contribution < -0.4 is 5.32 Å². The van der Waals surface area contributed by atoms with Crippen LogP contribution in [0.1, 0.15) is 0 Å². The van der Waals surface area contributed by atoms with E-state index in [0.29, 0.717) is 0 Å². The van der Waals surface area contributed by atoms with Gasteiger partial charge in [0.15, 0.2) is 0 Å². The molecule has 1 aromatic rings. The fourth-order valence-corrected chi connectivity index (χ4v) is 1.56. The predicted molar refractivity (Wildman–Crippen MR) is 55.4 cm³/mol. The van der Waals surface area contributed by atoms with Crippen LogP contribution in [0, 0.1) is 0 Å². The molecule has 1 nitrogen and oxygen atoms in total. The summed E-state index contributed by atoms with van der Waals surface area (Å²) in [6, 6.07) is 10.4. The maximum absolute atomic E-state index is 2.96. The Labute approximate surface area is 77.9 Å². The number of thioether (sulfide) groups is 1. The van der Waals surface area contributed by atoms with Gasteiger partial charge in [-0.15, -0.1) is 11.8 Å². The number of benzene rings is 1. The molecule has 0 aliphatic rings. The van der Waals surface area contributed by atoms with Crippen LogP contribution in [0.25, 0.3) is 0 Å². The van der Waals surface area contributed by atoms with Crippen molar-refractivity contribution < 1.29 is 0 Å². The highest BCUT2D eigenvalue weighted by Gasteiger charge is 1.87. The fourth-order valence-electron chi connectivity index (χ4n) is 0.827.